The summed E-state index contributed by atoms with van der Waals surface area (Å²) in [5, 5.41) is 3.83. The van der Waals surface area contributed by atoms with Crippen LogP contribution in [-0.4, -0.2) is 38.9 Å². The van der Waals surface area contributed by atoms with E-state index in [2.05, 4.69) is 30.2 Å². The normalized spacial score (nSPS) is 13.9. The van der Waals surface area contributed by atoms with Crippen LogP contribution in [0.1, 0.15) is 40.3 Å². The smallest absolute Gasteiger partial charge is 0.289 e. The highest BCUT2D eigenvalue weighted by molar-refractivity contribution is 5.96. The number of nitrogens with zero attached hydrogens (tertiary/aromatic N) is 5. The van der Waals surface area contributed by atoms with Gasteiger partial charge in [-0.25, -0.2) is 15.0 Å². The molecule has 4 rings (SSSR count). The maximum atomic E-state index is 12.7. The van der Waals surface area contributed by atoms with Gasteiger partial charge in [-0.15, -0.1) is 0 Å². The van der Waals surface area contributed by atoms with Crippen molar-refractivity contribution in [3.63, 3.8) is 0 Å². The summed E-state index contributed by atoms with van der Waals surface area (Å²) in [6.07, 6.45) is 5.67. The van der Waals surface area contributed by atoms with Crippen LogP contribution >= 0.6 is 0 Å². The molecule has 0 radical (unpaired) electrons. The SMILES string of the molecule is Cc1cc(C)c2c(N3CCCC3)nc(C(=O)NCc3ccncc3)nc2n1. The Morgan fingerprint density at radius 1 is 1.11 bits per heavy atom. The molecule has 1 fully saturated rings. The largest absolute Gasteiger partial charge is 0.356 e. The molecule has 0 bridgehead atoms. The molecule has 0 spiro atoms. The van der Waals surface area contributed by atoms with Gasteiger partial charge in [-0.3, -0.25) is 9.78 Å². The monoisotopic (exact) mass is 362 g/mol. The highest BCUT2D eigenvalue weighted by Crippen LogP contribution is 2.29. The van der Waals surface area contributed by atoms with Crippen LogP contribution in [-0.2, 0) is 6.54 Å². The van der Waals surface area contributed by atoms with Gasteiger partial charge in [0.15, 0.2) is 5.65 Å². The van der Waals surface area contributed by atoms with Crippen LogP contribution in [0.15, 0.2) is 30.6 Å². The van der Waals surface area contributed by atoms with E-state index in [1.807, 2.05) is 32.0 Å². The number of hydrogen-bond acceptors (Lipinski definition) is 6. The molecule has 0 aromatic carbocycles. The Morgan fingerprint density at radius 3 is 2.59 bits per heavy atom. The van der Waals surface area contributed by atoms with Crippen LogP contribution in [0.3, 0.4) is 0 Å². The molecule has 1 aliphatic heterocycles. The van der Waals surface area contributed by atoms with Crippen LogP contribution in [0.25, 0.3) is 11.0 Å². The number of hydrogen-bond donors (Lipinski definition) is 1. The standard InChI is InChI=1S/C20H22N6O/c1-13-11-14(2)23-17-16(13)19(26-9-3-4-10-26)25-18(24-17)20(27)22-12-15-5-7-21-8-6-15/h5-8,11H,3-4,9-10,12H2,1-2H3,(H,22,27). The lowest BCUT2D eigenvalue weighted by Gasteiger charge is -2.20. The molecule has 27 heavy (non-hydrogen) atoms. The molecule has 0 aliphatic carbocycles. The van der Waals surface area contributed by atoms with Gasteiger partial charge in [0.05, 0.1) is 5.39 Å². The molecule has 1 N–H and O–H groups in total. The number of nitrogens with one attached hydrogen (secondary N) is 1. The van der Waals surface area contributed by atoms with Gasteiger partial charge >= 0.3 is 0 Å². The van der Waals surface area contributed by atoms with Crippen LogP contribution in [0.5, 0.6) is 0 Å². The second-order valence-corrected chi connectivity index (χ2v) is 6.88. The molecule has 1 aliphatic rings. The zero-order valence-corrected chi connectivity index (χ0v) is 15.6. The zero-order chi connectivity index (χ0) is 18.8. The average Bonchev–Trinajstić information content (AvgIpc) is 3.20. The van der Waals surface area contributed by atoms with Gasteiger partial charge in [0.1, 0.15) is 5.82 Å². The van der Waals surface area contributed by atoms with Crippen LogP contribution in [0.2, 0.25) is 0 Å². The van der Waals surface area contributed by atoms with Gasteiger partial charge in [-0.05, 0) is 56.0 Å². The summed E-state index contributed by atoms with van der Waals surface area (Å²) >= 11 is 0. The van der Waals surface area contributed by atoms with Crippen molar-refractivity contribution in [2.45, 2.75) is 33.2 Å². The summed E-state index contributed by atoms with van der Waals surface area (Å²) in [7, 11) is 0. The summed E-state index contributed by atoms with van der Waals surface area (Å²) in [6.45, 7) is 6.27. The molecule has 1 amide bonds. The van der Waals surface area contributed by atoms with Crippen molar-refractivity contribution >= 4 is 22.8 Å². The molecular formula is C20H22N6O. The van der Waals surface area contributed by atoms with Crippen molar-refractivity contribution in [1.82, 2.24) is 25.3 Å². The van der Waals surface area contributed by atoms with Gasteiger partial charge in [-0.2, -0.15) is 0 Å². The van der Waals surface area contributed by atoms with E-state index in [0.29, 0.717) is 12.2 Å². The second kappa shape index (κ2) is 7.26. The fourth-order valence-corrected chi connectivity index (χ4v) is 3.48. The maximum absolute atomic E-state index is 12.7. The molecule has 7 nitrogen and oxygen atoms in total. The minimum Gasteiger partial charge on any atom is -0.356 e. The molecule has 138 valence electrons. The quantitative estimate of drug-likeness (QED) is 0.768. The maximum Gasteiger partial charge on any atom is 0.289 e. The molecule has 1 saturated heterocycles. The van der Waals surface area contributed by atoms with Gasteiger partial charge in [0, 0.05) is 37.7 Å². The molecule has 3 aromatic rings. The number of carbonyl (C=O) groups excluding carboxylic acids is 1. The van der Waals surface area contributed by atoms with E-state index in [0.717, 1.165) is 54.0 Å². The minimum absolute atomic E-state index is 0.163. The number of carbonyl (C=O) groups is 1. The molecule has 0 atom stereocenters. The highest BCUT2D eigenvalue weighted by Gasteiger charge is 2.22. The number of amides is 1. The van der Waals surface area contributed by atoms with Crippen molar-refractivity contribution in [3.05, 3.63) is 53.2 Å². The van der Waals surface area contributed by atoms with Gasteiger partial charge < -0.3 is 10.2 Å². The van der Waals surface area contributed by atoms with E-state index < -0.39 is 0 Å². The van der Waals surface area contributed by atoms with E-state index in [4.69, 9.17) is 0 Å². The Labute approximate surface area is 157 Å². The van der Waals surface area contributed by atoms with Crippen LogP contribution < -0.4 is 10.2 Å². The van der Waals surface area contributed by atoms with E-state index >= 15 is 0 Å². The number of aryl methyl sites for hydroxylation is 2. The molecule has 0 saturated carbocycles. The molecule has 4 heterocycles. The molecule has 7 heteroatoms. The van der Waals surface area contributed by atoms with Crippen molar-refractivity contribution in [2.75, 3.05) is 18.0 Å². The van der Waals surface area contributed by atoms with Crippen molar-refractivity contribution in [3.8, 4) is 0 Å². The number of rotatable bonds is 4. The van der Waals surface area contributed by atoms with E-state index in [-0.39, 0.29) is 11.7 Å². The summed E-state index contributed by atoms with van der Waals surface area (Å²) in [5.74, 6) is 0.683. The third kappa shape index (κ3) is 3.58. The summed E-state index contributed by atoms with van der Waals surface area (Å²) in [4.78, 5) is 32.6. The Balaban J connectivity index is 1.71. The second-order valence-electron chi connectivity index (χ2n) is 6.88. The summed E-state index contributed by atoms with van der Waals surface area (Å²) in [6, 6.07) is 5.77. The highest BCUT2D eigenvalue weighted by atomic mass is 16.2. The summed E-state index contributed by atoms with van der Waals surface area (Å²) in [5.41, 5.74) is 3.53. The van der Waals surface area contributed by atoms with Crippen LogP contribution in [0.4, 0.5) is 5.82 Å². The number of fused-ring (bicyclic) bond motifs is 1. The van der Waals surface area contributed by atoms with Crippen molar-refractivity contribution in [1.29, 1.82) is 0 Å². The fraction of sp³-hybridized carbons (Fsp3) is 0.350. The lowest BCUT2D eigenvalue weighted by molar-refractivity contribution is 0.0941. The first-order valence-electron chi connectivity index (χ1n) is 9.20. The topological polar surface area (TPSA) is 83.9 Å². The Hall–Kier alpha value is -3.09. The van der Waals surface area contributed by atoms with Crippen LogP contribution in [0, 0.1) is 13.8 Å². The lowest BCUT2D eigenvalue weighted by Crippen LogP contribution is -2.27. The average molecular weight is 362 g/mol. The third-order valence-electron chi connectivity index (χ3n) is 4.78. The van der Waals surface area contributed by atoms with E-state index in [9.17, 15) is 4.79 Å². The zero-order valence-electron chi connectivity index (χ0n) is 15.6. The predicted molar refractivity (Wildman–Crippen MR) is 104 cm³/mol. The Bertz CT molecular complexity index is 983. The van der Waals surface area contributed by atoms with E-state index in [1.165, 1.54) is 0 Å². The lowest BCUT2D eigenvalue weighted by atomic mass is 10.1. The number of anilines is 1. The number of aromatic nitrogens is 4. The first kappa shape index (κ1) is 17.3. The molecule has 0 unspecified atom stereocenters. The first-order valence-corrected chi connectivity index (χ1v) is 9.20. The molecule has 3 aromatic heterocycles. The van der Waals surface area contributed by atoms with Gasteiger partial charge in [0.25, 0.3) is 5.91 Å². The first-order chi connectivity index (χ1) is 13.1. The minimum atomic E-state index is -0.296. The third-order valence-corrected chi connectivity index (χ3v) is 4.78. The van der Waals surface area contributed by atoms with Gasteiger partial charge in [0.2, 0.25) is 5.82 Å². The van der Waals surface area contributed by atoms with E-state index in [1.54, 1.807) is 12.4 Å². The fourth-order valence-electron chi connectivity index (χ4n) is 3.48. The Morgan fingerprint density at radius 2 is 1.85 bits per heavy atom. The summed E-state index contributed by atoms with van der Waals surface area (Å²) < 4.78 is 0. The number of pyridine rings is 2. The Kier molecular flexibility index (Phi) is 4.66. The molecular weight excluding hydrogens is 340 g/mol. The van der Waals surface area contributed by atoms with Crippen molar-refractivity contribution < 1.29 is 4.79 Å². The predicted octanol–water partition coefficient (Wildman–Crippen LogP) is 2.57. The van der Waals surface area contributed by atoms with Crippen molar-refractivity contribution in [2.24, 2.45) is 0 Å². The van der Waals surface area contributed by atoms with Gasteiger partial charge in [-0.1, -0.05) is 0 Å².